The van der Waals surface area contributed by atoms with Crippen molar-refractivity contribution in [3.8, 4) is 5.69 Å². The second kappa shape index (κ2) is 11.9. The average molecular weight is 571 g/mol. The van der Waals surface area contributed by atoms with E-state index in [1.54, 1.807) is 0 Å². The van der Waals surface area contributed by atoms with E-state index in [0.29, 0.717) is 18.9 Å². The third-order valence-corrected chi connectivity index (χ3v) is 8.00. The normalized spacial score (nSPS) is 14.6. The molecule has 1 fully saturated rings. The molecule has 3 heterocycles. The van der Waals surface area contributed by atoms with Crippen LogP contribution >= 0.6 is 15.9 Å². The Morgan fingerprint density at radius 3 is 2.32 bits per heavy atom. The molecule has 0 spiro atoms. The molecule has 0 atom stereocenters. The standard InChI is InChI=1S/C29H40BrN5O2/c1-7-33(8-2)12-11-25(36)37-18-23-9-13-34(14-10-23)28-26-21(5)17-35(29(26)32-22(6)31-28)27-19(3)15-24(30)16-20(27)4/h15-17,23H,7-14,18H2,1-6H3. The molecule has 1 aliphatic rings. The highest BCUT2D eigenvalue weighted by atomic mass is 79.9. The number of esters is 1. The minimum atomic E-state index is -0.0852. The maximum Gasteiger partial charge on any atom is 0.307 e. The lowest BCUT2D eigenvalue weighted by Crippen LogP contribution is -2.36. The smallest absolute Gasteiger partial charge is 0.307 e. The SMILES string of the molecule is CCN(CC)CCC(=O)OCC1CCN(c2nc(C)nc3c2c(C)cn3-c2c(C)cc(Br)cc2C)CC1. The van der Waals surface area contributed by atoms with Crippen LogP contribution in [-0.2, 0) is 9.53 Å². The number of fused-ring (bicyclic) bond motifs is 1. The van der Waals surface area contributed by atoms with E-state index in [9.17, 15) is 4.79 Å². The first kappa shape index (κ1) is 27.6. The molecule has 0 amide bonds. The molecule has 3 aromatic rings. The molecule has 7 nitrogen and oxygen atoms in total. The summed E-state index contributed by atoms with van der Waals surface area (Å²) in [5, 5.41) is 1.12. The minimum Gasteiger partial charge on any atom is -0.465 e. The number of piperidine rings is 1. The number of hydrogen-bond donors (Lipinski definition) is 0. The van der Waals surface area contributed by atoms with Crippen LogP contribution in [0, 0.1) is 33.6 Å². The molecular weight excluding hydrogens is 530 g/mol. The van der Waals surface area contributed by atoms with Gasteiger partial charge in [0.1, 0.15) is 11.6 Å². The number of nitrogens with zero attached hydrogens (tertiary/aromatic N) is 5. The maximum absolute atomic E-state index is 12.2. The first-order valence-corrected chi connectivity index (χ1v) is 14.3. The number of aryl methyl sites for hydroxylation is 4. The number of rotatable bonds is 9. The second-order valence-electron chi connectivity index (χ2n) is 10.3. The van der Waals surface area contributed by atoms with Crippen molar-refractivity contribution in [3.63, 3.8) is 0 Å². The van der Waals surface area contributed by atoms with E-state index in [1.165, 1.54) is 22.4 Å². The Hall–Kier alpha value is -2.45. The van der Waals surface area contributed by atoms with Crippen LogP contribution in [0.25, 0.3) is 16.7 Å². The van der Waals surface area contributed by atoms with Crippen molar-refractivity contribution in [2.75, 3.05) is 44.2 Å². The molecule has 1 saturated heterocycles. The van der Waals surface area contributed by atoms with Gasteiger partial charge in [0.25, 0.3) is 0 Å². The molecule has 0 saturated carbocycles. The number of halogens is 1. The van der Waals surface area contributed by atoms with Gasteiger partial charge in [-0.1, -0.05) is 29.8 Å². The number of carbonyl (C=O) groups excluding carboxylic acids is 1. The van der Waals surface area contributed by atoms with Crippen molar-refractivity contribution in [1.29, 1.82) is 0 Å². The van der Waals surface area contributed by atoms with Gasteiger partial charge in [-0.25, -0.2) is 9.97 Å². The molecule has 37 heavy (non-hydrogen) atoms. The Morgan fingerprint density at radius 2 is 1.70 bits per heavy atom. The van der Waals surface area contributed by atoms with Gasteiger partial charge in [0.05, 0.1) is 24.1 Å². The molecule has 0 unspecified atom stereocenters. The quantitative estimate of drug-likeness (QED) is 0.298. The summed E-state index contributed by atoms with van der Waals surface area (Å²) in [5.74, 6) is 2.10. The maximum atomic E-state index is 12.2. The predicted molar refractivity (Wildman–Crippen MR) is 154 cm³/mol. The third-order valence-electron chi connectivity index (χ3n) is 7.55. The van der Waals surface area contributed by atoms with Gasteiger partial charge in [-0.3, -0.25) is 4.79 Å². The fraction of sp³-hybridized carbons (Fsp3) is 0.552. The van der Waals surface area contributed by atoms with Crippen molar-refractivity contribution in [1.82, 2.24) is 19.4 Å². The summed E-state index contributed by atoms with van der Waals surface area (Å²) in [7, 11) is 0. The van der Waals surface area contributed by atoms with Gasteiger partial charge in [-0.05, 0) is 88.4 Å². The molecular formula is C29H40BrN5O2. The van der Waals surface area contributed by atoms with Crippen molar-refractivity contribution in [3.05, 3.63) is 45.3 Å². The Kier molecular flexibility index (Phi) is 8.90. The topological polar surface area (TPSA) is 63.5 Å². The van der Waals surface area contributed by atoms with E-state index in [0.717, 1.165) is 72.7 Å². The number of ether oxygens (including phenoxy) is 1. The van der Waals surface area contributed by atoms with Crippen LogP contribution in [-0.4, -0.2) is 64.7 Å². The Labute approximate surface area is 229 Å². The Balaban J connectivity index is 1.48. The van der Waals surface area contributed by atoms with E-state index >= 15 is 0 Å². The number of hydrogen-bond acceptors (Lipinski definition) is 6. The Morgan fingerprint density at radius 1 is 1.05 bits per heavy atom. The summed E-state index contributed by atoms with van der Waals surface area (Å²) >= 11 is 3.62. The van der Waals surface area contributed by atoms with Crippen LogP contribution in [0.4, 0.5) is 5.82 Å². The minimum absolute atomic E-state index is 0.0852. The van der Waals surface area contributed by atoms with E-state index in [4.69, 9.17) is 14.7 Å². The van der Waals surface area contributed by atoms with Crippen molar-refractivity contribution >= 4 is 38.8 Å². The summed E-state index contributed by atoms with van der Waals surface area (Å²) in [6, 6.07) is 4.30. The summed E-state index contributed by atoms with van der Waals surface area (Å²) < 4.78 is 8.95. The fourth-order valence-electron chi connectivity index (χ4n) is 5.46. The zero-order chi connectivity index (χ0) is 26.7. The molecule has 0 bridgehead atoms. The first-order valence-electron chi connectivity index (χ1n) is 13.5. The Bertz CT molecular complexity index is 1240. The van der Waals surface area contributed by atoms with Crippen molar-refractivity contribution in [2.24, 2.45) is 5.92 Å². The monoisotopic (exact) mass is 569 g/mol. The first-order chi connectivity index (χ1) is 17.7. The second-order valence-corrected chi connectivity index (χ2v) is 11.2. The van der Waals surface area contributed by atoms with Gasteiger partial charge in [0, 0.05) is 30.3 Å². The number of aromatic nitrogens is 3. The highest BCUT2D eigenvalue weighted by Gasteiger charge is 2.25. The van der Waals surface area contributed by atoms with Gasteiger partial charge in [-0.15, -0.1) is 0 Å². The van der Waals surface area contributed by atoms with E-state index in [2.05, 4.69) is 83.2 Å². The van der Waals surface area contributed by atoms with Gasteiger partial charge in [0.15, 0.2) is 5.65 Å². The average Bonchev–Trinajstić information content (AvgIpc) is 3.18. The fourth-order valence-corrected chi connectivity index (χ4v) is 6.14. The summed E-state index contributed by atoms with van der Waals surface area (Å²) in [6.45, 7) is 17.6. The van der Waals surface area contributed by atoms with Crippen molar-refractivity contribution < 1.29 is 9.53 Å². The summed E-state index contributed by atoms with van der Waals surface area (Å²) in [5.41, 5.74) is 5.71. The van der Waals surface area contributed by atoms with Gasteiger partial charge >= 0.3 is 5.97 Å². The zero-order valence-electron chi connectivity index (χ0n) is 23.1. The largest absolute Gasteiger partial charge is 0.465 e. The molecule has 200 valence electrons. The van der Waals surface area contributed by atoms with Crippen molar-refractivity contribution in [2.45, 2.75) is 60.8 Å². The summed E-state index contributed by atoms with van der Waals surface area (Å²) in [6.07, 6.45) is 4.62. The number of benzene rings is 1. The van der Waals surface area contributed by atoms with E-state index < -0.39 is 0 Å². The van der Waals surface area contributed by atoms with Gasteiger partial charge in [0.2, 0.25) is 0 Å². The molecule has 0 N–H and O–H groups in total. The van der Waals surface area contributed by atoms with Crippen LogP contribution in [0.3, 0.4) is 0 Å². The van der Waals surface area contributed by atoms with Crippen LogP contribution < -0.4 is 4.90 Å². The zero-order valence-corrected chi connectivity index (χ0v) is 24.7. The predicted octanol–water partition coefficient (Wildman–Crippen LogP) is 5.91. The molecule has 8 heteroatoms. The molecule has 0 aliphatic carbocycles. The lowest BCUT2D eigenvalue weighted by Gasteiger charge is -2.33. The lowest BCUT2D eigenvalue weighted by molar-refractivity contribution is -0.145. The van der Waals surface area contributed by atoms with E-state index in [1.807, 2.05) is 6.92 Å². The molecule has 1 aliphatic heterocycles. The van der Waals surface area contributed by atoms with Gasteiger partial charge in [-0.2, -0.15) is 0 Å². The van der Waals surface area contributed by atoms with Crippen LogP contribution in [0.5, 0.6) is 0 Å². The third kappa shape index (κ3) is 6.17. The van der Waals surface area contributed by atoms with E-state index in [-0.39, 0.29) is 5.97 Å². The van der Waals surface area contributed by atoms with Crippen LogP contribution in [0.15, 0.2) is 22.8 Å². The van der Waals surface area contributed by atoms with Crippen LogP contribution in [0.2, 0.25) is 0 Å². The molecule has 2 aromatic heterocycles. The number of carbonyl (C=O) groups is 1. The highest BCUT2D eigenvalue weighted by Crippen LogP contribution is 2.35. The summed E-state index contributed by atoms with van der Waals surface area (Å²) in [4.78, 5) is 26.7. The highest BCUT2D eigenvalue weighted by molar-refractivity contribution is 9.10. The molecule has 0 radical (unpaired) electrons. The molecule has 4 rings (SSSR count). The lowest BCUT2D eigenvalue weighted by atomic mass is 9.97. The van der Waals surface area contributed by atoms with Gasteiger partial charge < -0.3 is 19.1 Å². The molecule has 1 aromatic carbocycles. The number of anilines is 1. The van der Waals surface area contributed by atoms with Crippen LogP contribution in [0.1, 0.15) is 55.6 Å².